The average Bonchev–Trinajstić information content (AvgIpc) is 3.42. The molecule has 1 saturated heterocycles. The number of nitrogens with one attached hydrogen (secondary N) is 2. The second-order valence-corrected chi connectivity index (χ2v) is 7.68. The number of pyridine rings is 1. The van der Waals surface area contributed by atoms with Crippen molar-refractivity contribution in [1.82, 2.24) is 15.4 Å². The fraction of sp³-hybridized carbons (Fsp3) is 0.261. The van der Waals surface area contributed by atoms with Crippen molar-refractivity contribution in [3.05, 3.63) is 65.7 Å². The third kappa shape index (κ3) is 5.32. The van der Waals surface area contributed by atoms with Crippen LogP contribution in [0.3, 0.4) is 0 Å². The minimum absolute atomic E-state index is 0.276. The van der Waals surface area contributed by atoms with E-state index in [1.165, 1.54) is 24.0 Å². The number of hydrogen-bond donors (Lipinski definition) is 3. The fourth-order valence-corrected chi connectivity index (χ4v) is 3.75. The van der Waals surface area contributed by atoms with E-state index in [0.717, 1.165) is 42.8 Å². The Kier molecular flexibility index (Phi) is 6.48. The van der Waals surface area contributed by atoms with Gasteiger partial charge >= 0.3 is 11.9 Å². The second-order valence-electron chi connectivity index (χ2n) is 7.68. The van der Waals surface area contributed by atoms with Gasteiger partial charge in [0.1, 0.15) is 11.4 Å². The number of nitrogens with zero attached hydrogens (tertiary/aromatic N) is 2. The van der Waals surface area contributed by atoms with Crippen molar-refractivity contribution in [2.24, 2.45) is 0 Å². The highest BCUT2D eigenvalue weighted by atomic mass is 16.5. The van der Waals surface area contributed by atoms with Crippen LogP contribution in [0.4, 0.5) is 5.82 Å². The Bertz CT molecular complexity index is 1140. The lowest BCUT2D eigenvalue weighted by Gasteiger charge is -2.17. The smallest absolute Gasteiger partial charge is 0.310 e. The maximum absolute atomic E-state index is 11.6. The van der Waals surface area contributed by atoms with Gasteiger partial charge in [-0.1, -0.05) is 6.07 Å². The number of aromatic nitrogens is 1. The Morgan fingerprint density at radius 2 is 2.19 bits per heavy atom. The van der Waals surface area contributed by atoms with Gasteiger partial charge in [0.05, 0.1) is 6.26 Å². The highest BCUT2D eigenvalue weighted by Gasteiger charge is 2.22. The summed E-state index contributed by atoms with van der Waals surface area (Å²) >= 11 is 0. The number of esters is 1. The first-order valence-electron chi connectivity index (χ1n) is 10.3. The van der Waals surface area contributed by atoms with Crippen LogP contribution in [0.15, 0.2) is 59.0 Å². The molecule has 0 aliphatic carbocycles. The Hall–Kier alpha value is -3.69. The average molecular weight is 436 g/mol. The summed E-state index contributed by atoms with van der Waals surface area (Å²) in [6.07, 6.45) is 5.60. The number of hydrogen-bond acceptors (Lipinski definition) is 8. The molecule has 1 amide bonds. The summed E-state index contributed by atoms with van der Waals surface area (Å²) in [6.45, 7) is 3.94. The first kappa shape index (κ1) is 21.5. The second kappa shape index (κ2) is 9.63. The van der Waals surface area contributed by atoms with Gasteiger partial charge in [-0.2, -0.15) is 0 Å². The van der Waals surface area contributed by atoms with Gasteiger partial charge in [-0.3, -0.25) is 19.7 Å². The van der Waals surface area contributed by atoms with Crippen molar-refractivity contribution in [2.45, 2.75) is 25.9 Å². The van der Waals surface area contributed by atoms with Gasteiger partial charge in [-0.05, 0) is 54.0 Å². The summed E-state index contributed by atoms with van der Waals surface area (Å²) in [5.41, 5.74) is 4.16. The van der Waals surface area contributed by atoms with Crippen LogP contribution in [-0.2, 0) is 20.9 Å². The van der Waals surface area contributed by atoms with Crippen LogP contribution in [0.5, 0.6) is 0 Å². The Morgan fingerprint density at radius 3 is 2.94 bits per heavy atom. The number of anilines is 1. The molecule has 3 heterocycles. The zero-order chi connectivity index (χ0) is 22.5. The summed E-state index contributed by atoms with van der Waals surface area (Å²) in [7, 11) is 0. The molecule has 0 bridgehead atoms. The molecule has 9 heteroatoms. The molecule has 1 aliphatic rings. The quantitative estimate of drug-likeness (QED) is 0.170. The Labute approximate surface area is 184 Å². The molecule has 0 saturated carbocycles. The number of fused-ring (bicyclic) bond motifs is 1. The van der Waals surface area contributed by atoms with E-state index < -0.39 is 11.9 Å². The van der Waals surface area contributed by atoms with E-state index in [4.69, 9.17) is 14.4 Å². The molecule has 4 rings (SSSR count). The Morgan fingerprint density at radius 1 is 1.31 bits per heavy atom. The number of rotatable bonds is 7. The Balaban J connectivity index is 1.34. The maximum atomic E-state index is 11.6. The third-order valence-corrected chi connectivity index (χ3v) is 5.21. The molecule has 1 atom stereocenters. The number of carbonyl (C=O) groups is 2. The standard InChI is InChI=1S/C23H24N4O5/c1-15(28)32-21(23(29)26-30)11-16-3-5-22(24-12-16)25-19-6-8-27(14-19)13-17-2-4-20-18(10-17)7-9-31-20/h2-5,7,9-12,19,30H,6,8,13-14H2,1H3,(H,24,25)(H,26,29)/b21-11+/t19-/m1/s1. The number of furan rings is 1. The lowest BCUT2D eigenvalue weighted by atomic mass is 10.1. The van der Waals surface area contributed by atoms with Crippen molar-refractivity contribution >= 4 is 34.7 Å². The van der Waals surface area contributed by atoms with E-state index >= 15 is 0 Å². The van der Waals surface area contributed by atoms with Gasteiger partial charge in [0.15, 0.2) is 5.76 Å². The molecule has 9 nitrogen and oxygen atoms in total. The van der Waals surface area contributed by atoms with Crippen LogP contribution in [0, 0.1) is 0 Å². The topological polar surface area (TPSA) is 117 Å². The SMILES string of the molecule is CC(=O)O/C(=C/c1ccc(N[C@@H]2CCN(Cc3ccc4occc4c3)C2)nc1)C(=O)NO. The largest absolute Gasteiger partial charge is 0.464 e. The molecule has 166 valence electrons. The predicted molar refractivity (Wildman–Crippen MR) is 117 cm³/mol. The number of hydroxylamine groups is 1. The molecule has 0 unspecified atom stereocenters. The maximum Gasteiger partial charge on any atom is 0.310 e. The summed E-state index contributed by atoms with van der Waals surface area (Å²) in [5.74, 6) is -1.18. The predicted octanol–water partition coefficient (Wildman–Crippen LogP) is 2.92. The number of ether oxygens (including phenoxy) is 1. The van der Waals surface area contributed by atoms with Gasteiger partial charge < -0.3 is 14.5 Å². The zero-order valence-electron chi connectivity index (χ0n) is 17.6. The summed E-state index contributed by atoms with van der Waals surface area (Å²) in [4.78, 5) is 29.5. The molecule has 0 spiro atoms. The van der Waals surface area contributed by atoms with Crippen LogP contribution in [0.2, 0.25) is 0 Å². The number of likely N-dealkylation sites (tertiary alicyclic amines) is 1. The number of carbonyl (C=O) groups excluding carboxylic acids is 2. The highest BCUT2D eigenvalue weighted by molar-refractivity contribution is 5.97. The van der Waals surface area contributed by atoms with Crippen molar-refractivity contribution in [2.75, 3.05) is 18.4 Å². The van der Waals surface area contributed by atoms with E-state index in [-0.39, 0.29) is 11.8 Å². The number of benzene rings is 1. The van der Waals surface area contributed by atoms with E-state index in [0.29, 0.717) is 5.56 Å². The third-order valence-electron chi connectivity index (χ3n) is 5.21. The lowest BCUT2D eigenvalue weighted by molar-refractivity contribution is -0.142. The van der Waals surface area contributed by atoms with Crippen LogP contribution >= 0.6 is 0 Å². The van der Waals surface area contributed by atoms with E-state index in [9.17, 15) is 9.59 Å². The van der Waals surface area contributed by atoms with Gasteiger partial charge in [-0.15, -0.1) is 0 Å². The summed E-state index contributed by atoms with van der Waals surface area (Å²) in [6, 6.07) is 12.1. The van der Waals surface area contributed by atoms with Crippen LogP contribution < -0.4 is 10.8 Å². The van der Waals surface area contributed by atoms with Crippen molar-refractivity contribution < 1.29 is 24.0 Å². The molecule has 3 N–H and O–H groups in total. The zero-order valence-corrected chi connectivity index (χ0v) is 17.6. The molecule has 32 heavy (non-hydrogen) atoms. The molecule has 3 aromatic rings. The van der Waals surface area contributed by atoms with Gasteiger partial charge in [-0.25, -0.2) is 10.5 Å². The van der Waals surface area contributed by atoms with Crippen molar-refractivity contribution in [1.29, 1.82) is 0 Å². The molecule has 1 fully saturated rings. The monoisotopic (exact) mass is 436 g/mol. The van der Waals surface area contributed by atoms with E-state index in [2.05, 4.69) is 27.3 Å². The lowest BCUT2D eigenvalue weighted by Crippen LogP contribution is -2.26. The van der Waals surface area contributed by atoms with Gasteiger partial charge in [0, 0.05) is 44.2 Å². The van der Waals surface area contributed by atoms with Crippen LogP contribution in [0.25, 0.3) is 17.0 Å². The highest BCUT2D eigenvalue weighted by Crippen LogP contribution is 2.21. The van der Waals surface area contributed by atoms with Crippen molar-refractivity contribution in [3.8, 4) is 0 Å². The fourth-order valence-electron chi connectivity index (χ4n) is 3.75. The van der Waals surface area contributed by atoms with Gasteiger partial charge in [0.25, 0.3) is 0 Å². The van der Waals surface area contributed by atoms with E-state index in [1.54, 1.807) is 24.6 Å². The normalized spacial score (nSPS) is 16.8. The summed E-state index contributed by atoms with van der Waals surface area (Å²) < 4.78 is 10.2. The molecule has 2 aromatic heterocycles. The van der Waals surface area contributed by atoms with E-state index in [1.807, 2.05) is 12.1 Å². The van der Waals surface area contributed by atoms with Crippen molar-refractivity contribution in [3.63, 3.8) is 0 Å². The molecular weight excluding hydrogens is 412 g/mol. The number of amides is 1. The summed E-state index contributed by atoms with van der Waals surface area (Å²) in [5, 5.41) is 13.3. The van der Waals surface area contributed by atoms with Gasteiger partial charge in [0.2, 0.25) is 0 Å². The minimum atomic E-state index is -0.916. The molecule has 1 aliphatic heterocycles. The minimum Gasteiger partial charge on any atom is -0.464 e. The first-order valence-corrected chi connectivity index (χ1v) is 10.3. The molecular formula is C23H24N4O5. The molecule has 1 aromatic carbocycles. The van der Waals surface area contributed by atoms with Crippen LogP contribution in [-0.4, -0.2) is 46.1 Å². The van der Waals surface area contributed by atoms with Crippen LogP contribution in [0.1, 0.15) is 24.5 Å². The molecule has 0 radical (unpaired) electrons. The first-order chi connectivity index (χ1) is 15.5.